The van der Waals surface area contributed by atoms with E-state index in [1.807, 2.05) is 41.5 Å². The Morgan fingerprint density at radius 2 is 1.90 bits per heavy atom. The van der Waals surface area contributed by atoms with Gasteiger partial charge in [-0.1, -0.05) is 12.1 Å². The summed E-state index contributed by atoms with van der Waals surface area (Å²) in [4.78, 5) is 34.5. The maximum Gasteiger partial charge on any atom is 0.259 e. The van der Waals surface area contributed by atoms with Crippen LogP contribution in [-0.4, -0.2) is 58.4 Å². The molecule has 1 saturated heterocycles. The number of amides is 1. The Hall–Kier alpha value is -2.71. The van der Waals surface area contributed by atoms with Crippen molar-refractivity contribution >= 4 is 22.2 Å². The molecule has 3 aromatic rings. The first-order chi connectivity index (χ1) is 14.5. The second-order valence-corrected chi connectivity index (χ2v) is 8.42. The van der Waals surface area contributed by atoms with E-state index >= 15 is 0 Å². The number of fused-ring (bicyclic) bond motifs is 1. The molecule has 3 heterocycles. The van der Waals surface area contributed by atoms with Crippen LogP contribution in [0.25, 0.3) is 4.96 Å². The Morgan fingerprint density at radius 3 is 2.60 bits per heavy atom. The predicted octanol–water partition coefficient (Wildman–Crippen LogP) is 2.35. The maximum atomic E-state index is 12.6. The van der Waals surface area contributed by atoms with E-state index in [0.717, 1.165) is 47.2 Å². The van der Waals surface area contributed by atoms with Gasteiger partial charge in [-0.2, -0.15) is 0 Å². The quantitative estimate of drug-likeness (QED) is 0.605. The number of rotatable bonds is 6. The lowest BCUT2D eigenvalue weighted by molar-refractivity contribution is -0.133. The number of carbonyl (C=O) groups excluding carboxylic acids is 1. The average molecular weight is 427 g/mol. The Bertz CT molecular complexity index is 1080. The normalized spacial score (nSPS) is 14.9. The summed E-state index contributed by atoms with van der Waals surface area (Å²) in [6.45, 7) is 5.55. The average Bonchev–Trinajstić information content (AvgIpc) is 3.14. The van der Waals surface area contributed by atoms with Crippen LogP contribution in [0.15, 0.2) is 40.5 Å². The highest BCUT2D eigenvalue weighted by Gasteiger charge is 2.21. The maximum absolute atomic E-state index is 12.6. The summed E-state index contributed by atoms with van der Waals surface area (Å²) >= 11 is 1.49. The zero-order valence-corrected chi connectivity index (χ0v) is 18.2. The molecule has 2 aromatic heterocycles. The van der Waals surface area contributed by atoms with E-state index in [1.165, 1.54) is 11.3 Å². The molecule has 7 nitrogen and oxygen atoms in total. The van der Waals surface area contributed by atoms with Crippen LogP contribution in [0.4, 0.5) is 0 Å². The zero-order chi connectivity index (χ0) is 21.1. The highest BCUT2D eigenvalue weighted by atomic mass is 32.1. The number of nitrogens with zero attached hydrogens (tertiary/aromatic N) is 4. The third-order valence-electron chi connectivity index (χ3n) is 5.53. The number of hydrogen-bond acceptors (Lipinski definition) is 6. The number of piperazine rings is 1. The molecular weight excluding hydrogens is 400 g/mol. The Balaban J connectivity index is 1.28. The highest BCUT2D eigenvalue weighted by Crippen LogP contribution is 2.15. The molecule has 1 aliphatic heterocycles. The number of aryl methyl sites for hydroxylation is 2. The van der Waals surface area contributed by atoms with Gasteiger partial charge in [0.05, 0.1) is 12.8 Å². The van der Waals surface area contributed by atoms with Gasteiger partial charge in [0, 0.05) is 56.3 Å². The van der Waals surface area contributed by atoms with Gasteiger partial charge in [0.25, 0.3) is 5.56 Å². The van der Waals surface area contributed by atoms with Crippen molar-refractivity contribution in [1.82, 2.24) is 19.2 Å². The zero-order valence-electron chi connectivity index (χ0n) is 17.3. The van der Waals surface area contributed by atoms with Gasteiger partial charge in [-0.15, -0.1) is 11.3 Å². The molecule has 1 aliphatic rings. The van der Waals surface area contributed by atoms with Crippen molar-refractivity contribution in [1.29, 1.82) is 0 Å². The minimum atomic E-state index is -0.0268. The first-order valence-corrected chi connectivity index (χ1v) is 11.0. The lowest BCUT2D eigenvalue weighted by atomic mass is 10.1. The third kappa shape index (κ3) is 4.55. The van der Waals surface area contributed by atoms with Crippen LogP contribution in [0.5, 0.6) is 5.75 Å². The van der Waals surface area contributed by atoms with Crippen molar-refractivity contribution < 1.29 is 9.53 Å². The molecule has 1 fully saturated rings. The summed E-state index contributed by atoms with van der Waals surface area (Å²) in [5.74, 6) is 1.02. The van der Waals surface area contributed by atoms with E-state index in [9.17, 15) is 9.59 Å². The third-order valence-corrected chi connectivity index (χ3v) is 6.47. The fourth-order valence-corrected chi connectivity index (χ4v) is 4.66. The van der Waals surface area contributed by atoms with E-state index in [0.29, 0.717) is 26.1 Å². The summed E-state index contributed by atoms with van der Waals surface area (Å²) in [6.07, 6.45) is 1.25. The molecule has 1 aromatic carbocycles. The molecule has 0 unspecified atom stereocenters. The van der Waals surface area contributed by atoms with Crippen molar-refractivity contribution in [3.63, 3.8) is 0 Å². The topological polar surface area (TPSA) is 67.2 Å². The molecule has 0 atom stereocenters. The highest BCUT2D eigenvalue weighted by molar-refractivity contribution is 7.15. The molecule has 4 rings (SSSR count). The van der Waals surface area contributed by atoms with Crippen LogP contribution in [0.2, 0.25) is 0 Å². The van der Waals surface area contributed by atoms with Gasteiger partial charge in [0.1, 0.15) is 5.75 Å². The molecule has 158 valence electrons. The van der Waals surface area contributed by atoms with Crippen molar-refractivity contribution in [2.75, 3.05) is 33.3 Å². The second-order valence-electron chi connectivity index (χ2n) is 7.59. The molecule has 0 saturated carbocycles. The van der Waals surface area contributed by atoms with Crippen molar-refractivity contribution in [3.05, 3.63) is 63.0 Å². The smallest absolute Gasteiger partial charge is 0.259 e. The van der Waals surface area contributed by atoms with E-state index in [2.05, 4.69) is 9.88 Å². The minimum absolute atomic E-state index is 0.0268. The molecule has 0 aliphatic carbocycles. The number of methoxy groups -OCH3 is 1. The summed E-state index contributed by atoms with van der Waals surface area (Å²) in [5, 5.41) is 1.95. The molecule has 30 heavy (non-hydrogen) atoms. The first kappa shape index (κ1) is 20.6. The van der Waals surface area contributed by atoms with Gasteiger partial charge in [0.15, 0.2) is 4.96 Å². The summed E-state index contributed by atoms with van der Waals surface area (Å²) in [7, 11) is 1.65. The van der Waals surface area contributed by atoms with Crippen LogP contribution < -0.4 is 10.3 Å². The van der Waals surface area contributed by atoms with E-state index < -0.39 is 0 Å². The van der Waals surface area contributed by atoms with E-state index in [1.54, 1.807) is 17.6 Å². The van der Waals surface area contributed by atoms with Crippen LogP contribution in [0, 0.1) is 6.92 Å². The number of aromatic nitrogens is 2. The Labute approximate surface area is 179 Å². The standard InChI is InChI=1S/C22H26N4O3S/c1-16-15-30-22-23-18(13-21(28)26(16)22)14-24-9-11-25(12-10-24)20(27)8-5-17-3-6-19(29-2)7-4-17/h3-4,6-7,13,15H,5,8-12,14H2,1-2H3. The fraction of sp³-hybridized carbons (Fsp3) is 0.409. The Morgan fingerprint density at radius 1 is 1.17 bits per heavy atom. The molecule has 0 N–H and O–H groups in total. The summed E-state index contributed by atoms with van der Waals surface area (Å²) in [6, 6.07) is 9.48. The molecule has 1 amide bonds. The summed E-state index contributed by atoms with van der Waals surface area (Å²) < 4.78 is 6.82. The number of thiazole rings is 1. The lowest BCUT2D eigenvalue weighted by Crippen LogP contribution is -2.48. The van der Waals surface area contributed by atoms with Gasteiger partial charge in [-0.05, 0) is 31.0 Å². The number of benzene rings is 1. The van der Waals surface area contributed by atoms with Gasteiger partial charge >= 0.3 is 0 Å². The van der Waals surface area contributed by atoms with Crippen molar-refractivity contribution in [2.45, 2.75) is 26.3 Å². The number of hydrogen-bond donors (Lipinski definition) is 0. The largest absolute Gasteiger partial charge is 0.497 e. The van der Waals surface area contributed by atoms with Crippen LogP contribution in [0.3, 0.4) is 0 Å². The minimum Gasteiger partial charge on any atom is -0.497 e. The van der Waals surface area contributed by atoms with Gasteiger partial charge in [-0.25, -0.2) is 4.98 Å². The van der Waals surface area contributed by atoms with Gasteiger partial charge < -0.3 is 9.64 Å². The molecule has 0 spiro atoms. The monoisotopic (exact) mass is 426 g/mol. The molecule has 0 bridgehead atoms. The molecular formula is C22H26N4O3S. The van der Waals surface area contributed by atoms with E-state index in [-0.39, 0.29) is 11.5 Å². The first-order valence-electron chi connectivity index (χ1n) is 10.1. The van der Waals surface area contributed by atoms with Crippen LogP contribution in [0.1, 0.15) is 23.4 Å². The van der Waals surface area contributed by atoms with Crippen LogP contribution in [-0.2, 0) is 17.8 Å². The van der Waals surface area contributed by atoms with Gasteiger partial charge in [-0.3, -0.25) is 18.9 Å². The van der Waals surface area contributed by atoms with Crippen molar-refractivity contribution in [3.8, 4) is 5.75 Å². The van der Waals surface area contributed by atoms with Crippen LogP contribution >= 0.6 is 11.3 Å². The number of ether oxygens (including phenoxy) is 1. The predicted molar refractivity (Wildman–Crippen MR) is 117 cm³/mol. The molecule has 8 heteroatoms. The summed E-state index contributed by atoms with van der Waals surface area (Å²) in [5.41, 5.74) is 2.82. The SMILES string of the molecule is COc1ccc(CCC(=O)N2CCN(Cc3cc(=O)n4c(C)csc4n3)CC2)cc1. The van der Waals surface area contributed by atoms with Crippen molar-refractivity contribution in [2.24, 2.45) is 0 Å². The van der Waals surface area contributed by atoms with Gasteiger partial charge in [0.2, 0.25) is 5.91 Å². The van der Waals surface area contributed by atoms with E-state index in [4.69, 9.17) is 4.74 Å². The second kappa shape index (κ2) is 8.97. The number of carbonyl (C=O) groups is 1. The Kier molecular flexibility index (Phi) is 6.15. The lowest BCUT2D eigenvalue weighted by Gasteiger charge is -2.34. The molecule has 0 radical (unpaired) electrons. The fourth-order valence-electron chi connectivity index (χ4n) is 3.77.